The van der Waals surface area contributed by atoms with Crippen LogP contribution >= 0.6 is 22.6 Å². The minimum Gasteiger partial charge on any atom is -0.461 e. The number of rotatable bonds is 4. The molecule has 20 heavy (non-hydrogen) atoms. The highest BCUT2D eigenvalue weighted by Gasteiger charge is 2.35. The molecule has 1 aromatic rings. The Balaban J connectivity index is 3.29. The third-order valence-electron chi connectivity index (χ3n) is 1.90. The second-order valence-corrected chi connectivity index (χ2v) is 4.31. The number of carbonyl (C=O) groups excluding carboxylic acids is 1. The molecule has 10 heteroatoms. The molecule has 4 nitrogen and oxygen atoms in total. The van der Waals surface area contributed by atoms with Gasteiger partial charge < -0.3 is 9.47 Å². The molecule has 0 N–H and O–H groups in total. The number of aromatic nitrogens is 1. The first kappa shape index (κ1) is 16.9. The summed E-state index contributed by atoms with van der Waals surface area (Å²) < 4.78 is 69.6. The largest absolute Gasteiger partial charge is 0.573 e. The van der Waals surface area contributed by atoms with Crippen LogP contribution in [-0.4, -0.2) is 23.9 Å². The van der Waals surface area contributed by atoms with Gasteiger partial charge in [0.2, 0.25) is 0 Å². The average Bonchev–Trinajstić information content (AvgIpc) is 2.29. The molecular formula is C10H7F5INO3. The Bertz CT molecular complexity index is 506. The number of pyridine rings is 1. The summed E-state index contributed by atoms with van der Waals surface area (Å²) in [5, 5.41) is 0. The number of halogens is 6. The number of nitrogens with zero attached hydrogens (tertiary/aromatic N) is 1. The second-order valence-electron chi connectivity index (χ2n) is 3.29. The van der Waals surface area contributed by atoms with Gasteiger partial charge in [0.15, 0.2) is 5.75 Å². The zero-order valence-electron chi connectivity index (χ0n) is 9.80. The summed E-state index contributed by atoms with van der Waals surface area (Å²) in [7, 11) is 0. The SMILES string of the molecule is CCOC(=O)c1cc(C(F)F)c(OC(F)(F)F)c(I)n1. The van der Waals surface area contributed by atoms with Gasteiger partial charge in [-0.15, -0.1) is 13.2 Å². The van der Waals surface area contributed by atoms with Gasteiger partial charge in [-0.25, -0.2) is 18.6 Å². The molecule has 0 aliphatic rings. The van der Waals surface area contributed by atoms with E-state index in [1.165, 1.54) is 29.5 Å². The average molecular weight is 411 g/mol. The van der Waals surface area contributed by atoms with Crippen LogP contribution in [0.2, 0.25) is 0 Å². The maximum atomic E-state index is 12.8. The first-order valence-corrected chi connectivity index (χ1v) is 6.15. The summed E-state index contributed by atoms with van der Waals surface area (Å²) in [4.78, 5) is 14.8. The lowest BCUT2D eigenvalue weighted by atomic mass is 10.2. The molecule has 1 aromatic heterocycles. The highest BCUT2D eigenvalue weighted by molar-refractivity contribution is 14.1. The highest BCUT2D eigenvalue weighted by Crippen LogP contribution is 2.36. The van der Waals surface area contributed by atoms with Crippen molar-refractivity contribution in [1.29, 1.82) is 0 Å². The van der Waals surface area contributed by atoms with Crippen molar-refractivity contribution < 1.29 is 36.2 Å². The third kappa shape index (κ3) is 4.42. The van der Waals surface area contributed by atoms with Crippen molar-refractivity contribution in [2.24, 2.45) is 0 Å². The molecule has 0 fully saturated rings. The van der Waals surface area contributed by atoms with Gasteiger partial charge in [-0.2, -0.15) is 0 Å². The summed E-state index contributed by atoms with van der Waals surface area (Å²) in [6.07, 6.45) is -8.41. The number of alkyl halides is 5. The standard InChI is InChI=1S/C10H7F5INO3/c1-2-19-9(18)5-3-4(7(11)12)6(8(16)17-5)20-10(13,14)15/h3,7H,2H2,1H3. The smallest absolute Gasteiger partial charge is 0.461 e. The van der Waals surface area contributed by atoms with Gasteiger partial charge in [-0.05, 0) is 35.6 Å². The van der Waals surface area contributed by atoms with E-state index in [0.717, 1.165) is 0 Å². The summed E-state index contributed by atoms with van der Waals surface area (Å²) in [5.41, 5.74) is -1.59. The Hall–Kier alpha value is -1.20. The monoisotopic (exact) mass is 411 g/mol. The molecule has 112 valence electrons. The van der Waals surface area contributed by atoms with E-state index in [2.05, 4.69) is 14.5 Å². The molecule has 0 aliphatic carbocycles. The fourth-order valence-electron chi connectivity index (χ4n) is 1.21. The van der Waals surface area contributed by atoms with Gasteiger partial charge in [0.05, 0.1) is 12.2 Å². The lowest BCUT2D eigenvalue weighted by Gasteiger charge is -2.15. The van der Waals surface area contributed by atoms with Gasteiger partial charge in [0.25, 0.3) is 6.43 Å². The van der Waals surface area contributed by atoms with Crippen LogP contribution < -0.4 is 4.74 Å². The van der Waals surface area contributed by atoms with Crippen molar-refractivity contribution in [2.45, 2.75) is 19.7 Å². The molecule has 1 heterocycles. The molecule has 0 unspecified atom stereocenters. The normalized spacial score (nSPS) is 11.6. The lowest BCUT2D eigenvalue weighted by Crippen LogP contribution is -2.20. The van der Waals surface area contributed by atoms with E-state index in [0.29, 0.717) is 6.07 Å². The van der Waals surface area contributed by atoms with Crippen LogP contribution in [0.4, 0.5) is 22.0 Å². The molecule has 0 saturated carbocycles. The van der Waals surface area contributed by atoms with Crippen LogP contribution in [0.25, 0.3) is 0 Å². The van der Waals surface area contributed by atoms with E-state index < -0.39 is 39.5 Å². The van der Waals surface area contributed by atoms with E-state index in [-0.39, 0.29) is 6.61 Å². The Kier molecular flexibility index (Phi) is 5.48. The summed E-state index contributed by atoms with van der Waals surface area (Å²) in [5.74, 6) is -2.13. The Morgan fingerprint density at radius 3 is 2.50 bits per heavy atom. The number of carbonyl (C=O) groups is 1. The fourth-order valence-corrected chi connectivity index (χ4v) is 1.89. The molecule has 0 aliphatic heterocycles. The topological polar surface area (TPSA) is 48.4 Å². The maximum Gasteiger partial charge on any atom is 0.573 e. The molecular weight excluding hydrogens is 404 g/mol. The quantitative estimate of drug-likeness (QED) is 0.328. The first-order valence-electron chi connectivity index (χ1n) is 5.07. The minimum atomic E-state index is -5.14. The molecule has 0 saturated heterocycles. The van der Waals surface area contributed by atoms with Gasteiger partial charge in [0, 0.05) is 0 Å². The zero-order chi connectivity index (χ0) is 15.5. The van der Waals surface area contributed by atoms with E-state index in [4.69, 9.17) is 0 Å². The van der Waals surface area contributed by atoms with Crippen molar-refractivity contribution >= 4 is 28.6 Å². The van der Waals surface area contributed by atoms with Crippen LogP contribution in [-0.2, 0) is 4.74 Å². The van der Waals surface area contributed by atoms with Crippen LogP contribution in [0.1, 0.15) is 29.4 Å². The maximum absolute atomic E-state index is 12.8. The van der Waals surface area contributed by atoms with E-state index in [1.807, 2.05) is 0 Å². The Morgan fingerprint density at radius 1 is 1.45 bits per heavy atom. The molecule has 0 amide bonds. The number of hydrogen-bond donors (Lipinski definition) is 0. The molecule has 1 rings (SSSR count). The first-order chi connectivity index (χ1) is 9.15. The van der Waals surface area contributed by atoms with Crippen molar-refractivity contribution in [1.82, 2.24) is 4.98 Å². The molecule has 0 bridgehead atoms. The van der Waals surface area contributed by atoms with Crippen LogP contribution in [0.15, 0.2) is 6.07 Å². The third-order valence-corrected chi connectivity index (χ3v) is 2.63. The van der Waals surface area contributed by atoms with Crippen LogP contribution in [0, 0.1) is 3.70 Å². The minimum absolute atomic E-state index is 0.0259. The van der Waals surface area contributed by atoms with Gasteiger partial charge in [-0.3, -0.25) is 0 Å². The van der Waals surface area contributed by atoms with Crippen LogP contribution in [0.3, 0.4) is 0 Å². The second kappa shape index (κ2) is 6.50. The number of esters is 1. The van der Waals surface area contributed by atoms with Gasteiger partial charge >= 0.3 is 12.3 Å². The van der Waals surface area contributed by atoms with Crippen molar-refractivity contribution in [3.8, 4) is 5.75 Å². The van der Waals surface area contributed by atoms with Crippen LogP contribution in [0.5, 0.6) is 5.75 Å². The number of ether oxygens (including phenoxy) is 2. The summed E-state index contributed by atoms with van der Waals surface area (Å²) >= 11 is 1.27. The van der Waals surface area contributed by atoms with E-state index in [1.54, 1.807) is 0 Å². The molecule has 0 atom stereocenters. The highest BCUT2D eigenvalue weighted by atomic mass is 127. The van der Waals surface area contributed by atoms with Gasteiger partial charge in [0.1, 0.15) is 9.39 Å². The van der Waals surface area contributed by atoms with Crippen molar-refractivity contribution in [3.63, 3.8) is 0 Å². The van der Waals surface area contributed by atoms with Crippen molar-refractivity contribution in [3.05, 3.63) is 21.0 Å². The lowest BCUT2D eigenvalue weighted by molar-refractivity contribution is -0.275. The number of hydrogen-bond acceptors (Lipinski definition) is 4. The molecule has 0 radical (unpaired) electrons. The zero-order valence-corrected chi connectivity index (χ0v) is 12.0. The Morgan fingerprint density at radius 2 is 2.05 bits per heavy atom. The van der Waals surface area contributed by atoms with Gasteiger partial charge in [-0.1, -0.05) is 0 Å². The summed E-state index contributed by atoms with van der Waals surface area (Å²) in [6.45, 7) is 1.46. The predicted molar refractivity (Wildman–Crippen MR) is 64.6 cm³/mol. The predicted octanol–water partition coefficient (Wildman–Crippen LogP) is 3.70. The molecule has 0 aromatic carbocycles. The van der Waals surface area contributed by atoms with Crippen molar-refractivity contribution in [2.75, 3.05) is 6.61 Å². The fraction of sp³-hybridized carbons (Fsp3) is 0.400. The molecule has 0 spiro atoms. The van der Waals surface area contributed by atoms with E-state index >= 15 is 0 Å². The summed E-state index contributed by atoms with van der Waals surface area (Å²) in [6, 6.07) is 0.520. The Labute approximate surface area is 123 Å². The van der Waals surface area contributed by atoms with E-state index in [9.17, 15) is 26.7 Å².